The second-order valence-corrected chi connectivity index (χ2v) is 8.70. The number of ether oxygens (including phenoxy) is 2. The van der Waals surface area contributed by atoms with Gasteiger partial charge in [-0.1, -0.05) is 24.3 Å². The molecule has 1 saturated heterocycles. The first-order valence-electron chi connectivity index (χ1n) is 12.0. The number of carbonyl (C=O) groups excluding carboxylic acids is 1. The number of para-hydroxylation sites is 1. The molecule has 0 atom stereocenters. The third-order valence-electron chi connectivity index (χ3n) is 6.41. The SMILES string of the molecule is CCOc1ccc(CNC(=O)C2CCN(Cc3cn(C)c4ccccc34)CC2)cc1OCC. The first-order valence-corrected chi connectivity index (χ1v) is 12.0. The van der Waals surface area contributed by atoms with Gasteiger partial charge in [-0.3, -0.25) is 9.69 Å². The number of nitrogens with zero attached hydrogens (tertiary/aromatic N) is 2. The van der Waals surface area contributed by atoms with Gasteiger partial charge in [-0.2, -0.15) is 0 Å². The Balaban J connectivity index is 1.28. The molecule has 0 bridgehead atoms. The Hall–Kier alpha value is -2.99. The summed E-state index contributed by atoms with van der Waals surface area (Å²) in [4.78, 5) is 15.3. The normalized spacial score (nSPS) is 15.0. The van der Waals surface area contributed by atoms with Gasteiger partial charge in [0, 0.05) is 43.2 Å². The van der Waals surface area contributed by atoms with Crippen LogP contribution < -0.4 is 14.8 Å². The van der Waals surface area contributed by atoms with E-state index in [2.05, 4.69) is 52.3 Å². The van der Waals surface area contributed by atoms with Gasteiger partial charge < -0.3 is 19.4 Å². The molecule has 0 aliphatic carbocycles. The third-order valence-corrected chi connectivity index (χ3v) is 6.41. The minimum absolute atomic E-state index is 0.0721. The van der Waals surface area contributed by atoms with Crippen LogP contribution in [0.25, 0.3) is 10.9 Å². The highest BCUT2D eigenvalue weighted by atomic mass is 16.5. The van der Waals surface area contributed by atoms with Crippen molar-refractivity contribution in [2.24, 2.45) is 13.0 Å². The van der Waals surface area contributed by atoms with Crippen LogP contribution in [0, 0.1) is 5.92 Å². The van der Waals surface area contributed by atoms with Crippen molar-refractivity contribution >= 4 is 16.8 Å². The van der Waals surface area contributed by atoms with Crippen LogP contribution in [-0.2, 0) is 24.9 Å². The number of carbonyl (C=O) groups is 1. The number of hydrogen-bond donors (Lipinski definition) is 1. The van der Waals surface area contributed by atoms with E-state index >= 15 is 0 Å². The Kier molecular flexibility index (Phi) is 7.55. The standard InChI is InChI=1S/C27H35N3O3/c1-4-32-25-11-10-20(16-26(25)33-5-2)17-28-27(31)21-12-14-30(15-13-21)19-22-18-29(3)24-9-7-6-8-23(22)24/h6-11,16,18,21H,4-5,12-15,17,19H2,1-3H3,(H,28,31). The van der Waals surface area contributed by atoms with Gasteiger partial charge in [-0.15, -0.1) is 0 Å². The largest absolute Gasteiger partial charge is 0.490 e. The molecule has 2 aromatic carbocycles. The van der Waals surface area contributed by atoms with Gasteiger partial charge in [0.1, 0.15) is 0 Å². The fraction of sp³-hybridized carbons (Fsp3) is 0.444. The van der Waals surface area contributed by atoms with Crippen molar-refractivity contribution in [3.05, 3.63) is 59.8 Å². The molecule has 1 aliphatic rings. The summed E-state index contributed by atoms with van der Waals surface area (Å²) >= 11 is 0. The van der Waals surface area contributed by atoms with Gasteiger partial charge in [0.2, 0.25) is 5.91 Å². The second-order valence-electron chi connectivity index (χ2n) is 8.70. The number of rotatable bonds is 9. The average Bonchev–Trinajstić information content (AvgIpc) is 3.15. The quantitative estimate of drug-likeness (QED) is 0.522. The van der Waals surface area contributed by atoms with E-state index in [4.69, 9.17) is 9.47 Å². The van der Waals surface area contributed by atoms with E-state index in [-0.39, 0.29) is 11.8 Å². The maximum Gasteiger partial charge on any atom is 0.223 e. The molecule has 4 rings (SSSR count). The zero-order valence-electron chi connectivity index (χ0n) is 20.0. The van der Waals surface area contributed by atoms with Gasteiger partial charge in [-0.05, 0) is 69.1 Å². The van der Waals surface area contributed by atoms with Crippen LogP contribution in [0.15, 0.2) is 48.7 Å². The van der Waals surface area contributed by atoms with E-state index in [0.29, 0.717) is 19.8 Å². The Bertz CT molecular complexity index is 1080. The molecular formula is C27H35N3O3. The number of amides is 1. The minimum atomic E-state index is 0.0721. The predicted octanol–water partition coefficient (Wildman–Crippen LogP) is 4.50. The van der Waals surface area contributed by atoms with Crippen LogP contribution >= 0.6 is 0 Å². The van der Waals surface area contributed by atoms with Gasteiger partial charge >= 0.3 is 0 Å². The smallest absolute Gasteiger partial charge is 0.223 e. The second kappa shape index (κ2) is 10.8. The summed E-state index contributed by atoms with van der Waals surface area (Å²) in [5, 5.41) is 4.45. The molecule has 1 amide bonds. The van der Waals surface area contributed by atoms with Crippen molar-refractivity contribution in [1.29, 1.82) is 0 Å². The van der Waals surface area contributed by atoms with E-state index in [1.807, 2.05) is 32.0 Å². The lowest BCUT2D eigenvalue weighted by Gasteiger charge is -2.31. The molecule has 1 fully saturated rings. The van der Waals surface area contributed by atoms with Gasteiger partial charge in [0.05, 0.1) is 13.2 Å². The molecule has 0 saturated carbocycles. The Morgan fingerprint density at radius 2 is 1.76 bits per heavy atom. The van der Waals surface area contributed by atoms with Crippen molar-refractivity contribution in [1.82, 2.24) is 14.8 Å². The Morgan fingerprint density at radius 1 is 1.03 bits per heavy atom. The number of piperidine rings is 1. The summed E-state index contributed by atoms with van der Waals surface area (Å²) in [6, 6.07) is 14.4. The van der Waals surface area contributed by atoms with Crippen molar-refractivity contribution in [2.75, 3.05) is 26.3 Å². The molecule has 2 heterocycles. The fourth-order valence-corrected chi connectivity index (χ4v) is 4.68. The molecule has 0 spiro atoms. The molecule has 6 nitrogen and oxygen atoms in total. The van der Waals surface area contributed by atoms with Crippen molar-refractivity contribution in [2.45, 2.75) is 39.8 Å². The average molecular weight is 450 g/mol. The highest BCUT2D eigenvalue weighted by Gasteiger charge is 2.25. The maximum atomic E-state index is 12.8. The number of aryl methyl sites for hydroxylation is 1. The molecule has 176 valence electrons. The van der Waals surface area contributed by atoms with Crippen LogP contribution in [0.1, 0.15) is 37.8 Å². The lowest BCUT2D eigenvalue weighted by Crippen LogP contribution is -2.40. The number of nitrogens with one attached hydrogen (secondary N) is 1. The van der Waals surface area contributed by atoms with E-state index in [9.17, 15) is 4.79 Å². The van der Waals surface area contributed by atoms with Crippen molar-refractivity contribution in [3.8, 4) is 11.5 Å². The van der Waals surface area contributed by atoms with Gasteiger partial charge in [0.25, 0.3) is 0 Å². The molecule has 0 unspecified atom stereocenters. The number of hydrogen-bond acceptors (Lipinski definition) is 4. The zero-order chi connectivity index (χ0) is 23.2. The van der Waals surface area contributed by atoms with Gasteiger partial charge in [0.15, 0.2) is 11.5 Å². The summed E-state index contributed by atoms with van der Waals surface area (Å²) in [5.41, 5.74) is 3.64. The number of fused-ring (bicyclic) bond motifs is 1. The van der Waals surface area contributed by atoms with Crippen LogP contribution in [0.4, 0.5) is 0 Å². The molecule has 1 aliphatic heterocycles. The topological polar surface area (TPSA) is 55.7 Å². The maximum absolute atomic E-state index is 12.8. The van der Waals surface area contributed by atoms with Gasteiger partial charge in [-0.25, -0.2) is 0 Å². The number of benzene rings is 2. The first-order chi connectivity index (χ1) is 16.1. The number of likely N-dealkylation sites (tertiary alicyclic amines) is 1. The summed E-state index contributed by atoms with van der Waals surface area (Å²) in [7, 11) is 2.10. The summed E-state index contributed by atoms with van der Waals surface area (Å²) < 4.78 is 13.5. The van der Waals surface area contributed by atoms with Crippen LogP contribution in [0.2, 0.25) is 0 Å². The van der Waals surface area contributed by atoms with E-state index in [1.165, 1.54) is 16.5 Å². The molecule has 6 heteroatoms. The Labute approximate surface area is 196 Å². The molecule has 3 aromatic rings. The van der Waals surface area contributed by atoms with E-state index in [1.54, 1.807) is 0 Å². The van der Waals surface area contributed by atoms with Crippen LogP contribution in [0.5, 0.6) is 11.5 Å². The molecule has 1 N–H and O–H groups in total. The molecule has 1 aromatic heterocycles. The van der Waals surface area contributed by atoms with Crippen LogP contribution in [-0.4, -0.2) is 41.7 Å². The number of aromatic nitrogens is 1. The highest BCUT2D eigenvalue weighted by Crippen LogP contribution is 2.29. The van der Waals surface area contributed by atoms with E-state index < -0.39 is 0 Å². The monoisotopic (exact) mass is 449 g/mol. The molecule has 0 radical (unpaired) electrons. The summed E-state index contributed by atoms with van der Waals surface area (Å²) in [6.07, 6.45) is 4.02. The zero-order valence-corrected chi connectivity index (χ0v) is 20.0. The van der Waals surface area contributed by atoms with Crippen molar-refractivity contribution in [3.63, 3.8) is 0 Å². The van der Waals surface area contributed by atoms with E-state index in [0.717, 1.165) is 49.5 Å². The Morgan fingerprint density at radius 3 is 2.52 bits per heavy atom. The summed E-state index contributed by atoms with van der Waals surface area (Å²) in [5.74, 6) is 1.69. The predicted molar refractivity (Wildman–Crippen MR) is 132 cm³/mol. The highest BCUT2D eigenvalue weighted by molar-refractivity contribution is 5.83. The lowest BCUT2D eigenvalue weighted by atomic mass is 9.95. The third kappa shape index (κ3) is 5.50. The first kappa shape index (κ1) is 23.2. The minimum Gasteiger partial charge on any atom is -0.490 e. The fourth-order valence-electron chi connectivity index (χ4n) is 4.68. The van der Waals surface area contributed by atoms with Crippen molar-refractivity contribution < 1.29 is 14.3 Å². The summed E-state index contributed by atoms with van der Waals surface area (Å²) in [6.45, 7) is 8.40. The van der Waals surface area contributed by atoms with Crippen LogP contribution in [0.3, 0.4) is 0 Å². The molecular weight excluding hydrogens is 414 g/mol. The molecule has 33 heavy (non-hydrogen) atoms. The lowest BCUT2D eigenvalue weighted by molar-refractivity contribution is -0.126.